The third-order valence-corrected chi connectivity index (χ3v) is 6.18. The van der Waals surface area contributed by atoms with E-state index in [1.165, 1.54) is 10.7 Å². The van der Waals surface area contributed by atoms with Crippen LogP contribution < -0.4 is 15.8 Å². The van der Waals surface area contributed by atoms with Crippen molar-refractivity contribution in [3.63, 3.8) is 0 Å². The van der Waals surface area contributed by atoms with Crippen molar-refractivity contribution in [3.05, 3.63) is 82.1 Å². The van der Waals surface area contributed by atoms with Crippen LogP contribution in [-0.4, -0.2) is 49.5 Å². The maximum absolute atomic E-state index is 13.1. The average molecular weight is 473 g/mol. The summed E-state index contributed by atoms with van der Waals surface area (Å²) in [6.45, 7) is 3.59. The number of nitrogens with zero attached hydrogens (tertiary/aromatic N) is 5. The van der Waals surface area contributed by atoms with Gasteiger partial charge in [-0.25, -0.2) is 9.67 Å². The summed E-state index contributed by atoms with van der Waals surface area (Å²) < 4.78 is 3.24. The molecule has 35 heavy (non-hydrogen) atoms. The summed E-state index contributed by atoms with van der Waals surface area (Å²) in [5.74, 6) is 0.699. The number of carbonyl (C=O) groups excluding carboxylic acids is 1. The molecule has 4 bridgehead atoms. The first-order chi connectivity index (χ1) is 17.0. The molecule has 0 radical (unpaired) electrons. The van der Waals surface area contributed by atoms with E-state index in [0.717, 1.165) is 29.4 Å². The normalized spacial score (nSPS) is 16.3. The van der Waals surface area contributed by atoms with Gasteiger partial charge in [0.05, 0.1) is 30.2 Å². The van der Waals surface area contributed by atoms with Crippen molar-refractivity contribution < 1.29 is 9.90 Å². The van der Waals surface area contributed by atoms with E-state index in [-0.39, 0.29) is 24.6 Å². The number of amides is 1. The van der Waals surface area contributed by atoms with Crippen molar-refractivity contribution in [2.45, 2.75) is 39.0 Å². The number of aromatic nitrogens is 4. The predicted molar refractivity (Wildman–Crippen MR) is 135 cm³/mol. The highest BCUT2D eigenvalue weighted by Gasteiger charge is 2.21. The molecule has 0 saturated heterocycles. The van der Waals surface area contributed by atoms with Gasteiger partial charge in [0.2, 0.25) is 5.95 Å². The highest BCUT2D eigenvalue weighted by molar-refractivity contribution is 6.04. The van der Waals surface area contributed by atoms with Crippen LogP contribution >= 0.6 is 0 Å². The van der Waals surface area contributed by atoms with Crippen LogP contribution in [0.1, 0.15) is 35.7 Å². The van der Waals surface area contributed by atoms with Crippen LogP contribution in [0.5, 0.6) is 0 Å². The first-order valence-corrected chi connectivity index (χ1v) is 11.9. The predicted octanol–water partition coefficient (Wildman–Crippen LogP) is 2.87. The van der Waals surface area contributed by atoms with Crippen LogP contribution in [-0.2, 0) is 13.1 Å². The molecule has 2 aromatic carbocycles. The molecular formula is C26H28N6O3. The SMILES string of the molecule is CCCCN1CC(O)Cn2c(nc3ccccc32)NC(=O)c2cccc(c2)Cn2nc1ccc2=O. The molecule has 0 spiro atoms. The molecule has 1 aliphatic rings. The lowest BCUT2D eigenvalue weighted by Gasteiger charge is -2.27. The van der Waals surface area contributed by atoms with Crippen molar-refractivity contribution in [2.75, 3.05) is 23.3 Å². The first kappa shape index (κ1) is 22.8. The van der Waals surface area contributed by atoms with E-state index in [4.69, 9.17) is 0 Å². The van der Waals surface area contributed by atoms with Gasteiger partial charge in [-0.05, 0) is 42.3 Å². The van der Waals surface area contributed by atoms with Crippen molar-refractivity contribution in [2.24, 2.45) is 0 Å². The zero-order valence-electron chi connectivity index (χ0n) is 19.6. The number of hydrogen-bond acceptors (Lipinski definition) is 6. The lowest BCUT2D eigenvalue weighted by atomic mass is 10.1. The molecule has 1 atom stereocenters. The molecule has 1 aliphatic heterocycles. The Morgan fingerprint density at radius 3 is 2.77 bits per heavy atom. The second-order valence-corrected chi connectivity index (χ2v) is 8.83. The number of para-hydroxylation sites is 2. The number of aliphatic hydroxyl groups is 1. The summed E-state index contributed by atoms with van der Waals surface area (Å²) in [4.78, 5) is 32.3. The van der Waals surface area contributed by atoms with Gasteiger partial charge in [0, 0.05) is 24.7 Å². The molecule has 5 rings (SSSR count). The number of rotatable bonds is 3. The van der Waals surface area contributed by atoms with E-state index in [2.05, 4.69) is 22.3 Å². The van der Waals surface area contributed by atoms with E-state index in [1.807, 2.05) is 39.8 Å². The van der Waals surface area contributed by atoms with E-state index in [0.29, 0.717) is 30.4 Å². The second-order valence-electron chi connectivity index (χ2n) is 8.83. The Labute approximate surface area is 202 Å². The van der Waals surface area contributed by atoms with Crippen LogP contribution in [0.25, 0.3) is 11.0 Å². The molecule has 1 unspecified atom stereocenters. The van der Waals surface area contributed by atoms with Crippen LogP contribution in [0.4, 0.5) is 11.8 Å². The topological polar surface area (TPSA) is 105 Å². The van der Waals surface area contributed by atoms with Gasteiger partial charge in [-0.3, -0.25) is 14.9 Å². The van der Waals surface area contributed by atoms with Gasteiger partial charge in [-0.2, -0.15) is 5.10 Å². The van der Waals surface area contributed by atoms with Gasteiger partial charge in [-0.1, -0.05) is 37.6 Å². The van der Waals surface area contributed by atoms with Gasteiger partial charge in [0.15, 0.2) is 0 Å². The third kappa shape index (κ3) is 4.81. The minimum atomic E-state index is -0.770. The smallest absolute Gasteiger partial charge is 0.267 e. The second kappa shape index (κ2) is 9.71. The molecule has 1 amide bonds. The molecule has 3 heterocycles. The fourth-order valence-electron chi connectivity index (χ4n) is 4.40. The molecule has 0 aliphatic carbocycles. The quantitative estimate of drug-likeness (QED) is 0.475. The van der Waals surface area contributed by atoms with Gasteiger partial charge >= 0.3 is 0 Å². The summed E-state index contributed by atoms with van der Waals surface area (Å²) in [5, 5.41) is 18.7. The number of benzene rings is 2. The lowest BCUT2D eigenvalue weighted by molar-refractivity contribution is 0.102. The molecule has 2 N–H and O–H groups in total. The summed E-state index contributed by atoms with van der Waals surface area (Å²) in [5.41, 5.74) is 2.57. The molecular weight excluding hydrogens is 444 g/mol. The summed E-state index contributed by atoms with van der Waals surface area (Å²) in [6.07, 6.45) is 1.14. The Morgan fingerprint density at radius 1 is 1.06 bits per heavy atom. The highest BCUT2D eigenvalue weighted by atomic mass is 16.3. The fourth-order valence-corrected chi connectivity index (χ4v) is 4.40. The number of carbonyl (C=O) groups is 1. The zero-order valence-corrected chi connectivity index (χ0v) is 19.6. The molecule has 0 fully saturated rings. The number of unbranched alkanes of at least 4 members (excludes halogenated alkanes) is 1. The summed E-state index contributed by atoms with van der Waals surface area (Å²) >= 11 is 0. The Bertz CT molecular complexity index is 1430. The zero-order chi connectivity index (χ0) is 24.4. The number of aliphatic hydroxyl groups excluding tert-OH is 1. The summed E-state index contributed by atoms with van der Waals surface area (Å²) in [6, 6.07) is 17.9. The molecule has 2 aromatic heterocycles. The minimum absolute atomic E-state index is 0.226. The first-order valence-electron chi connectivity index (χ1n) is 11.9. The number of nitrogens with one attached hydrogen (secondary N) is 1. The van der Waals surface area contributed by atoms with Crippen LogP contribution in [0.2, 0.25) is 0 Å². The Balaban J connectivity index is 1.62. The molecule has 4 aromatic rings. The largest absolute Gasteiger partial charge is 0.389 e. The van der Waals surface area contributed by atoms with E-state index >= 15 is 0 Å². The number of β-amino-alcohol motifs (C(OH)–C–C–N with tert-alkyl or cyclic N) is 1. The van der Waals surface area contributed by atoms with Crippen LogP contribution in [0.15, 0.2) is 65.5 Å². The molecule has 9 nitrogen and oxygen atoms in total. The Kier molecular flexibility index (Phi) is 6.33. The van der Waals surface area contributed by atoms with Crippen molar-refractivity contribution in [3.8, 4) is 0 Å². The van der Waals surface area contributed by atoms with Gasteiger partial charge < -0.3 is 14.6 Å². The van der Waals surface area contributed by atoms with Crippen molar-refractivity contribution in [1.82, 2.24) is 19.3 Å². The Morgan fingerprint density at radius 2 is 1.91 bits per heavy atom. The van der Waals surface area contributed by atoms with Gasteiger partial charge in [0.25, 0.3) is 11.5 Å². The maximum Gasteiger partial charge on any atom is 0.267 e. The Hall–Kier alpha value is -3.98. The van der Waals surface area contributed by atoms with Gasteiger partial charge in [0.1, 0.15) is 5.82 Å². The van der Waals surface area contributed by atoms with Gasteiger partial charge in [-0.15, -0.1) is 0 Å². The number of fused-ring (bicyclic) bond motifs is 7. The monoisotopic (exact) mass is 472 g/mol. The summed E-state index contributed by atoms with van der Waals surface area (Å²) in [7, 11) is 0. The molecule has 0 saturated carbocycles. The van der Waals surface area contributed by atoms with Crippen LogP contribution in [0.3, 0.4) is 0 Å². The van der Waals surface area contributed by atoms with Crippen molar-refractivity contribution in [1.29, 1.82) is 0 Å². The third-order valence-electron chi connectivity index (χ3n) is 6.18. The average Bonchev–Trinajstić information content (AvgIpc) is 3.19. The molecule has 180 valence electrons. The lowest BCUT2D eigenvalue weighted by Crippen LogP contribution is -2.37. The van der Waals surface area contributed by atoms with Crippen LogP contribution in [0, 0.1) is 0 Å². The minimum Gasteiger partial charge on any atom is -0.389 e. The standard InChI is InChI=1S/C26H28N6O3/c1-2-3-13-30-16-20(33)17-31-22-10-5-4-9-21(22)27-26(31)28-25(35)19-8-6-7-18(14-19)15-32-24(34)12-11-23(30)29-32/h4-12,14,20,33H,2-3,13,15-17H2,1H3,(H,27,28,35). The highest BCUT2D eigenvalue weighted by Crippen LogP contribution is 2.22. The maximum atomic E-state index is 13.1. The number of hydrogen-bond donors (Lipinski definition) is 2. The fraction of sp³-hybridized carbons (Fsp3) is 0.308. The van der Waals surface area contributed by atoms with E-state index in [1.54, 1.807) is 24.3 Å². The van der Waals surface area contributed by atoms with E-state index < -0.39 is 6.10 Å². The number of anilines is 2. The molecule has 9 heteroatoms. The van der Waals surface area contributed by atoms with E-state index in [9.17, 15) is 14.7 Å². The number of imidazole rings is 1. The van der Waals surface area contributed by atoms with Crippen molar-refractivity contribution >= 4 is 28.7 Å².